The molecule has 0 saturated carbocycles. The van der Waals surface area contributed by atoms with Crippen molar-refractivity contribution in [2.24, 2.45) is 11.7 Å². The average Bonchev–Trinajstić information content (AvgIpc) is 2.31. The lowest BCUT2D eigenvalue weighted by molar-refractivity contribution is -0.124. The summed E-state index contributed by atoms with van der Waals surface area (Å²) in [5.74, 6) is -1.01. The Labute approximate surface area is 103 Å². The van der Waals surface area contributed by atoms with E-state index in [0.717, 1.165) is 11.1 Å². The number of carbonyl (C=O) groups excluding carboxylic acids is 1. The van der Waals surface area contributed by atoms with Gasteiger partial charge in [0.2, 0.25) is 5.91 Å². The third-order valence-corrected chi connectivity index (χ3v) is 2.85. The van der Waals surface area contributed by atoms with Crippen molar-refractivity contribution in [3.63, 3.8) is 0 Å². The molecule has 0 heterocycles. The third-order valence-electron chi connectivity index (χ3n) is 2.85. The minimum absolute atomic E-state index is 0.00802. The molecule has 0 unspecified atom stereocenters. The van der Waals surface area contributed by atoms with Crippen molar-refractivity contribution >= 4 is 5.91 Å². The van der Waals surface area contributed by atoms with E-state index in [2.05, 4.69) is 0 Å². The predicted octanol–water partition coefficient (Wildman–Crippen LogP) is 1.13. The fraction of sp³-hybridized carbons (Fsp3) is 0.615. The molecule has 0 saturated heterocycles. The summed E-state index contributed by atoms with van der Waals surface area (Å²) in [4.78, 5) is 10.9. The molecule has 0 bridgehead atoms. The number of aliphatic hydroxyl groups excluding tert-OH is 2. The highest BCUT2D eigenvalue weighted by atomic mass is 16.3. The number of aliphatic hydroxyl groups is 2. The van der Waals surface area contributed by atoms with Gasteiger partial charge in [-0.05, 0) is 32.3 Å². The van der Waals surface area contributed by atoms with Crippen LogP contribution >= 0.6 is 0 Å². The minimum atomic E-state index is -0.709. The second-order valence-electron chi connectivity index (χ2n) is 4.31. The zero-order valence-electron chi connectivity index (χ0n) is 10.8. The first kappa shape index (κ1) is 15.9. The van der Waals surface area contributed by atoms with E-state index in [9.17, 15) is 9.90 Å². The Morgan fingerprint density at radius 1 is 1.47 bits per heavy atom. The first-order valence-corrected chi connectivity index (χ1v) is 5.83. The van der Waals surface area contributed by atoms with Gasteiger partial charge >= 0.3 is 0 Å². The fourth-order valence-corrected chi connectivity index (χ4v) is 1.42. The number of primary amides is 1. The Hall–Kier alpha value is -1.13. The van der Waals surface area contributed by atoms with Gasteiger partial charge in [0, 0.05) is 0 Å². The van der Waals surface area contributed by atoms with Crippen molar-refractivity contribution in [3.8, 4) is 0 Å². The zero-order valence-corrected chi connectivity index (χ0v) is 10.8. The third kappa shape index (κ3) is 6.24. The minimum Gasteiger partial charge on any atom is -0.392 e. The van der Waals surface area contributed by atoms with Crippen LogP contribution in [-0.4, -0.2) is 28.8 Å². The van der Waals surface area contributed by atoms with Crippen molar-refractivity contribution in [1.82, 2.24) is 0 Å². The van der Waals surface area contributed by atoms with Crippen LogP contribution in [0.2, 0.25) is 0 Å². The van der Waals surface area contributed by atoms with E-state index in [0.29, 0.717) is 12.8 Å². The summed E-state index contributed by atoms with van der Waals surface area (Å²) in [6.07, 6.45) is 4.19. The van der Waals surface area contributed by atoms with Crippen LogP contribution < -0.4 is 5.73 Å². The van der Waals surface area contributed by atoms with Crippen molar-refractivity contribution in [2.75, 3.05) is 6.61 Å². The second-order valence-corrected chi connectivity index (χ2v) is 4.31. The van der Waals surface area contributed by atoms with Crippen LogP contribution in [0.4, 0.5) is 0 Å². The molecule has 0 rings (SSSR count). The number of amides is 1. The number of hydrogen-bond acceptors (Lipinski definition) is 3. The lowest BCUT2D eigenvalue weighted by Gasteiger charge is -2.15. The van der Waals surface area contributed by atoms with Crippen LogP contribution in [0.5, 0.6) is 0 Å². The zero-order chi connectivity index (χ0) is 13.4. The van der Waals surface area contributed by atoms with Gasteiger partial charge in [-0.2, -0.15) is 0 Å². The molecule has 98 valence electrons. The van der Waals surface area contributed by atoms with E-state index in [1.165, 1.54) is 0 Å². The highest BCUT2D eigenvalue weighted by Crippen LogP contribution is 2.14. The molecular weight excluding hydrogens is 218 g/mol. The summed E-state index contributed by atoms with van der Waals surface area (Å²) < 4.78 is 0. The maximum absolute atomic E-state index is 10.9. The van der Waals surface area contributed by atoms with E-state index in [1.54, 1.807) is 6.92 Å². The maximum atomic E-state index is 10.9. The summed E-state index contributed by atoms with van der Waals surface area (Å²) in [6.45, 7) is 5.42. The molecule has 2 atom stereocenters. The number of hydrogen-bond donors (Lipinski definition) is 3. The molecule has 0 aromatic heterocycles. The summed E-state index contributed by atoms with van der Waals surface area (Å²) in [5, 5.41) is 18.7. The summed E-state index contributed by atoms with van der Waals surface area (Å²) in [7, 11) is 0. The van der Waals surface area contributed by atoms with Gasteiger partial charge in [0.25, 0.3) is 0 Å². The van der Waals surface area contributed by atoms with Gasteiger partial charge in [-0.25, -0.2) is 0 Å². The standard InChI is InChI=1S/C13H23NO3/c1-4-11(8-15)7-9(2)5-6-12(16)10(3)13(14)17/h4,7,10,12,15-16H,5-6,8H2,1-3H3,(H2,14,17)/b9-7+,11-4-/t10-,12-/m0/s1. The lowest BCUT2D eigenvalue weighted by atomic mass is 9.97. The maximum Gasteiger partial charge on any atom is 0.222 e. The first-order chi connectivity index (χ1) is 7.92. The quantitative estimate of drug-likeness (QED) is 0.584. The molecule has 17 heavy (non-hydrogen) atoms. The van der Waals surface area contributed by atoms with Gasteiger partial charge in [0.1, 0.15) is 0 Å². The van der Waals surface area contributed by atoms with Crippen molar-refractivity contribution in [1.29, 1.82) is 0 Å². The van der Waals surface area contributed by atoms with E-state index in [4.69, 9.17) is 10.8 Å². The molecule has 0 aliphatic heterocycles. The van der Waals surface area contributed by atoms with Gasteiger partial charge in [-0.15, -0.1) is 0 Å². The Morgan fingerprint density at radius 3 is 2.47 bits per heavy atom. The fourth-order valence-electron chi connectivity index (χ4n) is 1.42. The van der Waals surface area contributed by atoms with E-state index >= 15 is 0 Å². The van der Waals surface area contributed by atoms with Gasteiger partial charge < -0.3 is 15.9 Å². The van der Waals surface area contributed by atoms with Crippen LogP contribution in [0.1, 0.15) is 33.6 Å². The topological polar surface area (TPSA) is 83.5 Å². The predicted molar refractivity (Wildman–Crippen MR) is 68.2 cm³/mol. The van der Waals surface area contributed by atoms with E-state index < -0.39 is 17.9 Å². The largest absolute Gasteiger partial charge is 0.392 e. The van der Waals surface area contributed by atoms with Crippen LogP contribution in [0.15, 0.2) is 23.3 Å². The van der Waals surface area contributed by atoms with Crippen LogP contribution in [0, 0.1) is 5.92 Å². The highest BCUT2D eigenvalue weighted by molar-refractivity contribution is 5.76. The van der Waals surface area contributed by atoms with Gasteiger partial charge in [0.15, 0.2) is 0 Å². The van der Waals surface area contributed by atoms with Gasteiger partial charge in [-0.3, -0.25) is 4.79 Å². The summed E-state index contributed by atoms with van der Waals surface area (Å²) in [5.41, 5.74) is 7.02. The Kier molecular flexibility index (Phi) is 7.50. The smallest absolute Gasteiger partial charge is 0.222 e. The van der Waals surface area contributed by atoms with Crippen LogP contribution in [0.25, 0.3) is 0 Å². The Morgan fingerprint density at radius 2 is 2.06 bits per heavy atom. The molecule has 4 N–H and O–H groups in total. The number of nitrogens with two attached hydrogens (primary N) is 1. The number of rotatable bonds is 7. The summed E-state index contributed by atoms with van der Waals surface area (Å²) >= 11 is 0. The SMILES string of the molecule is C/C=C(/C=C(\C)CC[C@H](O)[C@H](C)C(N)=O)CO. The van der Waals surface area contributed by atoms with E-state index in [1.807, 2.05) is 26.0 Å². The Balaban J connectivity index is 4.24. The monoisotopic (exact) mass is 241 g/mol. The number of carbonyl (C=O) groups is 1. The molecule has 0 fully saturated rings. The lowest BCUT2D eigenvalue weighted by Crippen LogP contribution is -2.31. The van der Waals surface area contributed by atoms with E-state index in [-0.39, 0.29) is 6.61 Å². The first-order valence-electron chi connectivity index (χ1n) is 5.83. The Bertz CT molecular complexity index is 308. The van der Waals surface area contributed by atoms with Gasteiger partial charge in [-0.1, -0.05) is 24.6 Å². The normalized spacial score (nSPS) is 16.8. The van der Waals surface area contributed by atoms with Crippen molar-refractivity contribution in [2.45, 2.75) is 39.7 Å². The molecule has 0 aromatic rings. The molecule has 0 aliphatic rings. The van der Waals surface area contributed by atoms with Crippen molar-refractivity contribution < 1.29 is 15.0 Å². The molecule has 1 amide bonds. The highest BCUT2D eigenvalue weighted by Gasteiger charge is 2.18. The molecule has 4 nitrogen and oxygen atoms in total. The van der Waals surface area contributed by atoms with Gasteiger partial charge in [0.05, 0.1) is 18.6 Å². The molecule has 0 aromatic carbocycles. The molecule has 0 radical (unpaired) electrons. The van der Waals surface area contributed by atoms with Crippen LogP contribution in [0.3, 0.4) is 0 Å². The molecule has 0 spiro atoms. The number of allylic oxidation sites excluding steroid dienone is 2. The molecule has 0 aliphatic carbocycles. The van der Waals surface area contributed by atoms with Crippen molar-refractivity contribution in [3.05, 3.63) is 23.3 Å². The summed E-state index contributed by atoms with van der Waals surface area (Å²) in [6, 6.07) is 0. The molecular formula is C13H23NO3. The second kappa shape index (κ2) is 8.03. The molecule has 4 heteroatoms. The van der Waals surface area contributed by atoms with Crippen LogP contribution in [-0.2, 0) is 4.79 Å². The average molecular weight is 241 g/mol.